The molecule has 0 radical (unpaired) electrons. The highest BCUT2D eigenvalue weighted by atomic mass is 16.5. The van der Waals surface area contributed by atoms with Crippen LogP contribution >= 0.6 is 0 Å². The fraction of sp³-hybridized carbons (Fsp3) is 0.395. The normalized spacial score (nSPS) is 19.8. The second kappa shape index (κ2) is 14.2. The highest BCUT2D eigenvalue weighted by Crippen LogP contribution is 2.53. The van der Waals surface area contributed by atoms with Crippen molar-refractivity contribution in [1.29, 1.82) is 0 Å². The first-order valence-corrected chi connectivity index (χ1v) is 18.6. The molecule has 1 unspecified atom stereocenters. The number of carbonyl (C=O) groups is 1. The quantitative estimate of drug-likeness (QED) is 0.148. The third kappa shape index (κ3) is 6.75. The molecule has 8 nitrogen and oxygen atoms in total. The minimum Gasteiger partial charge on any atom is -0.496 e. The Kier molecular flexibility index (Phi) is 9.30. The molecule has 2 aromatic heterocycles. The standard InChI is InChI=1S/C43H49N5O3/c1-30(2)37-9-5-6-10-38(37)39-28-46(27-32-8-4-7-11-40(32)50-3)20-21-48(39)35-24-43(25-35)15-18-47(19-16-43)34-13-12-33(29-49)41(23-34)51-36-22-31-14-17-44-42(31)45-26-36/h4-14,17,22-23,26,29-30,35,39H,15-16,18-21,24-25,27-28H2,1-3H3,(H,44,45). The number of H-pyrrole nitrogens is 1. The summed E-state index contributed by atoms with van der Waals surface area (Å²) in [4.78, 5) is 27.5. The van der Waals surface area contributed by atoms with Crippen molar-refractivity contribution in [3.05, 3.63) is 114 Å². The number of pyridine rings is 1. The van der Waals surface area contributed by atoms with Crippen LogP contribution in [-0.2, 0) is 6.54 Å². The molecule has 0 amide bonds. The van der Waals surface area contributed by atoms with Crippen LogP contribution in [0.3, 0.4) is 0 Å². The van der Waals surface area contributed by atoms with E-state index in [9.17, 15) is 4.79 Å². The Labute approximate surface area is 301 Å². The summed E-state index contributed by atoms with van der Waals surface area (Å²) in [5, 5.41) is 0.974. The van der Waals surface area contributed by atoms with Gasteiger partial charge in [-0.1, -0.05) is 56.3 Å². The predicted octanol–water partition coefficient (Wildman–Crippen LogP) is 8.61. The molecular weight excluding hydrogens is 635 g/mol. The summed E-state index contributed by atoms with van der Waals surface area (Å²) in [6.45, 7) is 10.7. The maximum atomic E-state index is 11.9. The number of ether oxygens (including phenoxy) is 2. The number of fused-ring (bicyclic) bond motifs is 1. The molecule has 8 heteroatoms. The van der Waals surface area contributed by atoms with Crippen molar-refractivity contribution in [2.24, 2.45) is 5.41 Å². The smallest absolute Gasteiger partial charge is 0.153 e. The first kappa shape index (κ1) is 33.5. The summed E-state index contributed by atoms with van der Waals surface area (Å²) in [6.07, 6.45) is 9.33. The molecule has 2 aliphatic heterocycles. The number of piperazine rings is 1. The van der Waals surface area contributed by atoms with Crippen LogP contribution in [0, 0.1) is 5.41 Å². The number of benzene rings is 3. The first-order chi connectivity index (χ1) is 24.9. The molecule has 0 bridgehead atoms. The van der Waals surface area contributed by atoms with Gasteiger partial charge in [0.25, 0.3) is 0 Å². The number of methoxy groups -OCH3 is 1. The van der Waals surface area contributed by atoms with Gasteiger partial charge in [-0.3, -0.25) is 14.6 Å². The van der Waals surface area contributed by atoms with E-state index in [4.69, 9.17) is 9.47 Å². The number of piperidine rings is 1. The molecule has 5 aromatic rings. The molecule has 1 atom stereocenters. The molecule has 1 aliphatic carbocycles. The molecule has 51 heavy (non-hydrogen) atoms. The lowest BCUT2D eigenvalue weighted by atomic mass is 9.59. The summed E-state index contributed by atoms with van der Waals surface area (Å²) in [5.41, 5.74) is 7.08. The molecule has 1 saturated carbocycles. The van der Waals surface area contributed by atoms with E-state index in [-0.39, 0.29) is 0 Å². The van der Waals surface area contributed by atoms with E-state index in [2.05, 4.69) is 93.1 Å². The fourth-order valence-electron chi connectivity index (χ4n) is 8.96. The number of aldehydes is 1. The number of rotatable bonds is 10. The Morgan fingerprint density at radius 3 is 2.55 bits per heavy atom. The van der Waals surface area contributed by atoms with E-state index in [0.717, 1.165) is 68.0 Å². The lowest BCUT2D eigenvalue weighted by molar-refractivity contribution is -0.0628. The summed E-state index contributed by atoms with van der Waals surface area (Å²) in [5.74, 6) is 2.65. The van der Waals surface area contributed by atoms with Crippen LogP contribution in [0.2, 0.25) is 0 Å². The van der Waals surface area contributed by atoms with E-state index < -0.39 is 0 Å². The summed E-state index contributed by atoms with van der Waals surface area (Å²) >= 11 is 0. The van der Waals surface area contributed by atoms with Gasteiger partial charge in [-0.15, -0.1) is 0 Å². The van der Waals surface area contributed by atoms with Crippen molar-refractivity contribution in [2.45, 2.75) is 64.1 Å². The van der Waals surface area contributed by atoms with Gasteiger partial charge in [0.2, 0.25) is 0 Å². The van der Waals surface area contributed by atoms with Crippen molar-refractivity contribution in [3.8, 4) is 17.2 Å². The zero-order chi connectivity index (χ0) is 35.0. The number of hydrogen-bond donors (Lipinski definition) is 1. The van der Waals surface area contributed by atoms with E-state index >= 15 is 0 Å². The van der Waals surface area contributed by atoms with Gasteiger partial charge in [0, 0.05) is 80.3 Å². The molecule has 2 saturated heterocycles. The van der Waals surface area contributed by atoms with Gasteiger partial charge in [0.15, 0.2) is 6.29 Å². The SMILES string of the molecule is COc1ccccc1CN1CCN(C2CC3(CCN(c4ccc(C=O)c(Oc5cnc6[nH]ccc6c5)c4)CC3)C2)C(c2ccccc2C(C)C)C1. The number of nitrogens with one attached hydrogen (secondary N) is 1. The summed E-state index contributed by atoms with van der Waals surface area (Å²) in [7, 11) is 1.77. The summed E-state index contributed by atoms with van der Waals surface area (Å²) in [6, 6.07) is 28.5. The number of carbonyl (C=O) groups excluding carboxylic acids is 1. The molecule has 3 fully saturated rings. The topological polar surface area (TPSA) is 73.9 Å². The van der Waals surface area contributed by atoms with Crippen LogP contribution in [0.5, 0.6) is 17.2 Å². The van der Waals surface area contributed by atoms with Gasteiger partial charge >= 0.3 is 0 Å². The molecule has 3 aliphatic rings. The van der Waals surface area contributed by atoms with Crippen LogP contribution < -0.4 is 14.4 Å². The Balaban J connectivity index is 0.946. The molecule has 1 N–H and O–H groups in total. The van der Waals surface area contributed by atoms with E-state index in [1.165, 1.54) is 42.4 Å². The molecule has 1 spiro atoms. The largest absolute Gasteiger partial charge is 0.496 e. The third-order valence-electron chi connectivity index (χ3n) is 11.8. The van der Waals surface area contributed by atoms with Gasteiger partial charge in [-0.05, 0) is 78.5 Å². The van der Waals surface area contributed by atoms with Crippen molar-refractivity contribution >= 4 is 23.0 Å². The molecule has 264 valence electrons. The predicted molar refractivity (Wildman–Crippen MR) is 203 cm³/mol. The Hall–Kier alpha value is -4.66. The van der Waals surface area contributed by atoms with Crippen LogP contribution in [0.4, 0.5) is 5.69 Å². The van der Waals surface area contributed by atoms with Crippen LogP contribution in [0.1, 0.15) is 78.5 Å². The van der Waals surface area contributed by atoms with Gasteiger partial charge in [0.1, 0.15) is 22.9 Å². The van der Waals surface area contributed by atoms with Crippen LogP contribution in [0.15, 0.2) is 91.3 Å². The van der Waals surface area contributed by atoms with Gasteiger partial charge in [-0.2, -0.15) is 0 Å². The lowest BCUT2D eigenvalue weighted by Crippen LogP contribution is -2.60. The molecule has 4 heterocycles. The molecular formula is C43H49N5O3. The van der Waals surface area contributed by atoms with Gasteiger partial charge < -0.3 is 19.4 Å². The number of nitrogens with zero attached hydrogens (tertiary/aromatic N) is 4. The van der Waals surface area contributed by atoms with Gasteiger partial charge in [0.05, 0.1) is 18.9 Å². The highest BCUT2D eigenvalue weighted by Gasteiger charge is 2.50. The Morgan fingerprint density at radius 1 is 0.941 bits per heavy atom. The average molecular weight is 684 g/mol. The molecule has 3 aromatic carbocycles. The zero-order valence-corrected chi connectivity index (χ0v) is 30.1. The van der Waals surface area contributed by atoms with Crippen molar-refractivity contribution in [1.82, 2.24) is 19.8 Å². The van der Waals surface area contributed by atoms with Crippen molar-refractivity contribution < 1.29 is 14.3 Å². The van der Waals surface area contributed by atoms with Crippen LogP contribution in [0.25, 0.3) is 11.0 Å². The first-order valence-electron chi connectivity index (χ1n) is 18.6. The monoisotopic (exact) mass is 683 g/mol. The second-order valence-electron chi connectivity index (χ2n) is 15.2. The third-order valence-corrected chi connectivity index (χ3v) is 11.8. The summed E-state index contributed by atoms with van der Waals surface area (Å²) < 4.78 is 12.0. The second-order valence-corrected chi connectivity index (χ2v) is 15.2. The Bertz CT molecular complexity index is 1990. The minimum absolute atomic E-state index is 0.373. The maximum absolute atomic E-state index is 11.9. The van der Waals surface area contributed by atoms with Gasteiger partial charge in [-0.25, -0.2) is 4.98 Å². The maximum Gasteiger partial charge on any atom is 0.153 e. The highest BCUT2D eigenvalue weighted by molar-refractivity contribution is 5.81. The zero-order valence-electron chi connectivity index (χ0n) is 30.1. The fourth-order valence-corrected chi connectivity index (χ4v) is 8.96. The molecule has 8 rings (SSSR count). The number of para-hydroxylation sites is 1. The van der Waals surface area contributed by atoms with Crippen molar-refractivity contribution in [2.75, 3.05) is 44.7 Å². The van der Waals surface area contributed by atoms with Crippen LogP contribution in [-0.4, -0.2) is 71.9 Å². The number of aromatic amines is 1. The van der Waals surface area contributed by atoms with E-state index in [0.29, 0.717) is 40.5 Å². The van der Waals surface area contributed by atoms with E-state index in [1.807, 2.05) is 30.5 Å². The minimum atomic E-state index is 0.373. The van der Waals surface area contributed by atoms with E-state index in [1.54, 1.807) is 13.3 Å². The number of hydrogen-bond acceptors (Lipinski definition) is 7. The lowest BCUT2D eigenvalue weighted by Gasteiger charge is -2.58. The van der Waals surface area contributed by atoms with Crippen molar-refractivity contribution in [3.63, 3.8) is 0 Å². The average Bonchev–Trinajstić information content (AvgIpc) is 3.62. The Morgan fingerprint density at radius 2 is 1.75 bits per heavy atom. The number of anilines is 1. The number of aromatic nitrogens is 2.